The number of rotatable bonds is 4. The van der Waals surface area contributed by atoms with E-state index in [0.29, 0.717) is 26.2 Å². The van der Waals surface area contributed by atoms with Crippen LogP contribution in [0.3, 0.4) is 0 Å². The van der Waals surface area contributed by atoms with Crippen LogP contribution in [-0.4, -0.2) is 17.6 Å². The van der Waals surface area contributed by atoms with Crippen LogP contribution >= 0.6 is 34.8 Å². The maximum Gasteiger partial charge on any atom is 0.252 e. The number of hydrogen-bond acceptors (Lipinski definition) is 2. The second-order valence-electron chi connectivity index (χ2n) is 4.34. The lowest BCUT2D eigenvalue weighted by atomic mass is 10.1. The quantitative estimate of drug-likeness (QED) is 0.877. The van der Waals surface area contributed by atoms with E-state index < -0.39 is 6.10 Å². The number of nitrogens with one attached hydrogen (secondary N) is 1. The molecular formula is C15H12Cl3NO2. The van der Waals surface area contributed by atoms with Crippen LogP contribution in [0.2, 0.25) is 15.1 Å². The van der Waals surface area contributed by atoms with Crippen LogP contribution in [0.4, 0.5) is 0 Å². The van der Waals surface area contributed by atoms with Gasteiger partial charge in [-0.15, -0.1) is 0 Å². The molecule has 2 N–H and O–H groups in total. The predicted octanol–water partition coefficient (Wildman–Crippen LogP) is 4.11. The second kappa shape index (κ2) is 7.14. The van der Waals surface area contributed by atoms with Gasteiger partial charge in [-0.1, -0.05) is 53.0 Å². The van der Waals surface area contributed by atoms with Crippen molar-refractivity contribution < 1.29 is 9.90 Å². The first kappa shape index (κ1) is 16.1. The zero-order chi connectivity index (χ0) is 15.4. The molecule has 0 aliphatic carbocycles. The molecule has 0 radical (unpaired) electrons. The highest BCUT2D eigenvalue weighted by Crippen LogP contribution is 2.29. The molecule has 0 heterocycles. The lowest BCUT2D eigenvalue weighted by Gasteiger charge is -2.15. The van der Waals surface area contributed by atoms with Crippen molar-refractivity contribution in [2.45, 2.75) is 6.10 Å². The van der Waals surface area contributed by atoms with Gasteiger partial charge in [-0.05, 0) is 24.3 Å². The fraction of sp³-hybridized carbons (Fsp3) is 0.133. The molecule has 2 rings (SSSR count). The van der Waals surface area contributed by atoms with Gasteiger partial charge in [0, 0.05) is 22.2 Å². The van der Waals surface area contributed by atoms with Crippen LogP contribution in [0.1, 0.15) is 22.0 Å². The van der Waals surface area contributed by atoms with Gasteiger partial charge in [0.2, 0.25) is 0 Å². The Kier molecular flexibility index (Phi) is 5.48. The average molecular weight is 345 g/mol. The van der Waals surface area contributed by atoms with Crippen molar-refractivity contribution in [3.63, 3.8) is 0 Å². The molecule has 6 heteroatoms. The lowest BCUT2D eigenvalue weighted by molar-refractivity contribution is 0.0916. The molecule has 2 aromatic rings. The van der Waals surface area contributed by atoms with E-state index >= 15 is 0 Å². The minimum atomic E-state index is -1.00. The van der Waals surface area contributed by atoms with Gasteiger partial charge in [-0.3, -0.25) is 4.79 Å². The van der Waals surface area contributed by atoms with Crippen molar-refractivity contribution in [2.24, 2.45) is 0 Å². The Labute approximate surface area is 137 Å². The summed E-state index contributed by atoms with van der Waals surface area (Å²) < 4.78 is 0. The summed E-state index contributed by atoms with van der Waals surface area (Å²) in [6, 6.07) is 11.6. The molecule has 2 aromatic carbocycles. The van der Waals surface area contributed by atoms with Crippen molar-refractivity contribution in [2.75, 3.05) is 6.54 Å². The summed E-state index contributed by atoms with van der Waals surface area (Å²) in [5, 5.41) is 13.8. The molecular weight excluding hydrogens is 333 g/mol. The standard InChI is InChI=1S/C15H12Cl3NO2/c16-10-5-2-1-4-9(10)15(21)19-8-13(20)14-11(17)6-3-7-12(14)18/h1-7,13,20H,8H2,(H,19,21). The molecule has 1 amide bonds. The number of halogens is 3. The van der Waals surface area contributed by atoms with Crippen LogP contribution in [-0.2, 0) is 0 Å². The maximum atomic E-state index is 12.0. The largest absolute Gasteiger partial charge is 0.386 e. The van der Waals surface area contributed by atoms with Crippen LogP contribution < -0.4 is 5.32 Å². The molecule has 0 aliphatic rings. The van der Waals surface area contributed by atoms with Crippen molar-refractivity contribution in [1.29, 1.82) is 0 Å². The zero-order valence-electron chi connectivity index (χ0n) is 10.8. The summed E-state index contributed by atoms with van der Waals surface area (Å²) >= 11 is 17.9. The monoisotopic (exact) mass is 343 g/mol. The smallest absolute Gasteiger partial charge is 0.252 e. The summed E-state index contributed by atoms with van der Waals surface area (Å²) in [5.74, 6) is -0.372. The number of carbonyl (C=O) groups excluding carboxylic acids is 1. The molecule has 110 valence electrons. The normalized spacial score (nSPS) is 12.0. The fourth-order valence-corrected chi connectivity index (χ4v) is 2.73. The van der Waals surface area contributed by atoms with Crippen molar-refractivity contribution in [3.05, 3.63) is 68.7 Å². The molecule has 1 atom stereocenters. The van der Waals surface area contributed by atoms with Crippen molar-refractivity contribution >= 4 is 40.7 Å². The van der Waals surface area contributed by atoms with Gasteiger partial charge in [0.15, 0.2) is 0 Å². The number of hydrogen-bond donors (Lipinski definition) is 2. The van der Waals surface area contributed by atoms with Gasteiger partial charge in [-0.25, -0.2) is 0 Å². The third-order valence-electron chi connectivity index (χ3n) is 2.91. The highest BCUT2D eigenvalue weighted by Gasteiger charge is 2.17. The average Bonchev–Trinajstić information content (AvgIpc) is 2.45. The van der Waals surface area contributed by atoms with E-state index in [2.05, 4.69) is 5.32 Å². The highest BCUT2D eigenvalue weighted by atomic mass is 35.5. The topological polar surface area (TPSA) is 49.3 Å². The second-order valence-corrected chi connectivity index (χ2v) is 5.56. The minimum Gasteiger partial charge on any atom is -0.386 e. The molecule has 0 saturated heterocycles. The molecule has 0 bridgehead atoms. The number of benzene rings is 2. The van der Waals surface area contributed by atoms with Gasteiger partial charge in [0.05, 0.1) is 16.7 Å². The van der Waals surface area contributed by atoms with E-state index in [1.54, 1.807) is 42.5 Å². The summed E-state index contributed by atoms with van der Waals surface area (Å²) in [4.78, 5) is 12.0. The SMILES string of the molecule is O=C(NCC(O)c1c(Cl)cccc1Cl)c1ccccc1Cl. The number of aliphatic hydroxyl groups excluding tert-OH is 1. The first-order valence-corrected chi connectivity index (χ1v) is 7.29. The minimum absolute atomic E-state index is 0.0203. The Hall–Kier alpha value is -1.26. The zero-order valence-corrected chi connectivity index (χ0v) is 13.1. The first-order chi connectivity index (χ1) is 10.0. The molecule has 1 unspecified atom stereocenters. The Bertz CT molecular complexity index is 641. The highest BCUT2D eigenvalue weighted by molar-refractivity contribution is 6.36. The Morgan fingerprint density at radius 2 is 1.57 bits per heavy atom. The van der Waals surface area contributed by atoms with Crippen LogP contribution in [0, 0.1) is 0 Å². The molecule has 0 saturated carbocycles. The van der Waals surface area contributed by atoms with Gasteiger partial charge in [0.25, 0.3) is 5.91 Å². The van der Waals surface area contributed by atoms with Crippen molar-refractivity contribution in [1.82, 2.24) is 5.32 Å². The van der Waals surface area contributed by atoms with Crippen LogP contribution in [0.5, 0.6) is 0 Å². The molecule has 0 fully saturated rings. The molecule has 0 aromatic heterocycles. The summed E-state index contributed by atoms with van der Waals surface area (Å²) in [6.07, 6.45) is -1.00. The Morgan fingerprint density at radius 1 is 1.00 bits per heavy atom. The molecule has 0 aliphatic heterocycles. The van der Waals surface area contributed by atoms with Gasteiger partial charge >= 0.3 is 0 Å². The molecule has 3 nitrogen and oxygen atoms in total. The predicted molar refractivity (Wildman–Crippen MR) is 85.2 cm³/mol. The van der Waals surface area contributed by atoms with E-state index in [-0.39, 0.29) is 12.5 Å². The maximum absolute atomic E-state index is 12.0. The number of amides is 1. The summed E-state index contributed by atoms with van der Waals surface area (Å²) in [7, 11) is 0. The van der Waals surface area contributed by atoms with Crippen molar-refractivity contribution in [3.8, 4) is 0 Å². The van der Waals surface area contributed by atoms with E-state index in [1.807, 2.05) is 0 Å². The van der Waals surface area contributed by atoms with E-state index in [1.165, 1.54) is 0 Å². The van der Waals surface area contributed by atoms with Crippen LogP contribution in [0.15, 0.2) is 42.5 Å². The third-order valence-corrected chi connectivity index (χ3v) is 3.90. The third kappa shape index (κ3) is 3.89. The van der Waals surface area contributed by atoms with Crippen LogP contribution in [0.25, 0.3) is 0 Å². The van der Waals surface area contributed by atoms with E-state index in [9.17, 15) is 9.90 Å². The fourth-order valence-electron chi connectivity index (χ4n) is 1.86. The lowest BCUT2D eigenvalue weighted by Crippen LogP contribution is -2.28. The first-order valence-electron chi connectivity index (χ1n) is 6.15. The molecule has 0 spiro atoms. The van der Waals surface area contributed by atoms with Gasteiger partial charge in [-0.2, -0.15) is 0 Å². The molecule has 21 heavy (non-hydrogen) atoms. The van der Waals surface area contributed by atoms with E-state index in [0.717, 1.165) is 0 Å². The summed E-state index contributed by atoms with van der Waals surface area (Å²) in [5.41, 5.74) is 0.733. The van der Waals surface area contributed by atoms with E-state index in [4.69, 9.17) is 34.8 Å². The Morgan fingerprint density at radius 3 is 2.19 bits per heavy atom. The number of carbonyl (C=O) groups is 1. The van der Waals surface area contributed by atoms with Gasteiger partial charge in [0.1, 0.15) is 0 Å². The Balaban J connectivity index is 2.06. The van der Waals surface area contributed by atoms with Gasteiger partial charge < -0.3 is 10.4 Å². The number of aliphatic hydroxyl groups is 1. The summed E-state index contributed by atoms with van der Waals surface area (Å²) in [6.45, 7) is -0.0203.